The van der Waals surface area contributed by atoms with Crippen molar-refractivity contribution in [3.8, 4) is 5.75 Å². The molecule has 0 spiro atoms. The first kappa shape index (κ1) is 14.7. The van der Waals surface area contributed by atoms with Gasteiger partial charge in [0, 0.05) is 12.1 Å². The van der Waals surface area contributed by atoms with Crippen molar-refractivity contribution < 1.29 is 9.84 Å². The second-order valence-corrected chi connectivity index (χ2v) is 4.57. The van der Waals surface area contributed by atoms with Crippen LogP contribution in [0, 0.1) is 0 Å². The van der Waals surface area contributed by atoms with Gasteiger partial charge in [0.2, 0.25) is 5.11 Å². The Hall–Kier alpha value is -1.40. The summed E-state index contributed by atoms with van der Waals surface area (Å²) in [6.07, 6.45) is 3.53. The number of rotatable bonds is 5. The largest absolute Gasteiger partial charge is 0.496 e. The molecule has 0 aliphatic heterocycles. The molecule has 0 aliphatic rings. The minimum absolute atomic E-state index is 0.513. The highest BCUT2D eigenvalue weighted by molar-refractivity contribution is 9.10. The molecule has 96 valence electrons. The van der Waals surface area contributed by atoms with Crippen molar-refractivity contribution in [3.05, 3.63) is 40.9 Å². The summed E-state index contributed by atoms with van der Waals surface area (Å²) in [5.74, 6) is 0.795. The van der Waals surface area contributed by atoms with Crippen molar-refractivity contribution in [2.24, 2.45) is 0 Å². The Morgan fingerprint density at radius 3 is 3.00 bits per heavy atom. The number of thiocarbonyl (C=S) groups is 1. The number of nitrogens with one attached hydrogen (secondary N) is 3. The first-order valence-electron chi connectivity index (χ1n) is 5.24. The van der Waals surface area contributed by atoms with Crippen LogP contribution >= 0.6 is 28.1 Å². The van der Waals surface area contributed by atoms with Gasteiger partial charge in [-0.2, -0.15) is 0 Å². The quantitative estimate of drug-likeness (QED) is 0.319. The molecule has 3 N–H and O–H groups in total. The van der Waals surface area contributed by atoms with E-state index in [2.05, 4.69) is 38.4 Å². The Bertz CT molecular complexity index is 463. The lowest BCUT2D eigenvalue weighted by Crippen LogP contribution is -2.82. The molecule has 0 heterocycles. The van der Waals surface area contributed by atoms with Gasteiger partial charge in [-0.3, -0.25) is 0 Å². The van der Waals surface area contributed by atoms with Gasteiger partial charge in [-0.15, -0.1) is 17.1 Å². The SMILES string of the molecule is C=CCNC(=S)N[NH+]=Cc1ccc(OC)c(Br)c1. The molecule has 1 aromatic rings. The van der Waals surface area contributed by atoms with Gasteiger partial charge in [0.25, 0.3) is 0 Å². The highest BCUT2D eigenvalue weighted by atomic mass is 79.9. The maximum absolute atomic E-state index is 5.15. The fourth-order valence-electron chi connectivity index (χ4n) is 1.17. The summed E-state index contributed by atoms with van der Waals surface area (Å²) < 4.78 is 6.05. The zero-order valence-corrected chi connectivity index (χ0v) is 12.4. The highest BCUT2D eigenvalue weighted by Crippen LogP contribution is 2.24. The van der Waals surface area contributed by atoms with E-state index in [0.717, 1.165) is 15.8 Å². The number of hydrazine groups is 1. The molecule has 0 amide bonds. The molecule has 0 fully saturated rings. The van der Waals surface area contributed by atoms with Gasteiger partial charge in [-0.05, 0) is 46.3 Å². The summed E-state index contributed by atoms with van der Waals surface area (Å²) in [7, 11) is 1.63. The summed E-state index contributed by atoms with van der Waals surface area (Å²) in [5, 5.41) is 6.35. The van der Waals surface area contributed by atoms with Crippen molar-refractivity contribution in [3.63, 3.8) is 0 Å². The van der Waals surface area contributed by atoms with Gasteiger partial charge >= 0.3 is 0 Å². The summed E-state index contributed by atoms with van der Waals surface area (Å²) in [5.41, 5.74) is 3.82. The zero-order chi connectivity index (χ0) is 13.4. The minimum Gasteiger partial charge on any atom is -0.496 e. The number of hydrogen-bond acceptors (Lipinski definition) is 2. The van der Waals surface area contributed by atoms with Crippen LogP contribution in [0.1, 0.15) is 5.56 Å². The fourth-order valence-corrected chi connectivity index (χ4v) is 1.87. The van der Waals surface area contributed by atoms with Gasteiger partial charge in [0.15, 0.2) is 6.21 Å². The molecular formula is C12H15BrN3OS+. The van der Waals surface area contributed by atoms with Crippen LogP contribution < -0.4 is 20.6 Å². The third-order valence-electron chi connectivity index (χ3n) is 2.01. The molecule has 0 bridgehead atoms. The Morgan fingerprint density at radius 1 is 1.61 bits per heavy atom. The molecule has 0 saturated carbocycles. The van der Waals surface area contributed by atoms with Crippen molar-refractivity contribution >= 4 is 39.5 Å². The average Bonchev–Trinajstić information content (AvgIpc) is 2.36. The van der Waals surface area contributed by atoms with Crippen LogP contribution in [-0.2, 0) is 0 Å². The lowest BCUT2D eigenvalue weighted by Gasteiger charge is -2.02. The van der Waals surface area contributed by atoms with Crippen LogP contribution in [0.2, 0.25) is 0 Å². The second kappa shape index (κ2) is 7.84. The minimum atomic E-state index is 0.513. The van der Waals surface area contributed by atoms with Gasteiger partial charge in [-0.1, -0.05) is 6.08 Å². The summed E-state index contributed by atoms with van der Waals surface area (Å²) in [6, 6.07) is 5.75. The van der Waals surface area contributed by atoms with Gasteiger partial charge < -0.3 is 10.1 Å². The van der Waals surface area contributed by atoms with Crippen LogP contribution in [0.5, 0.6) is 5.75 Å². The van der Waals surface area contributed by atoms with Crippen LogP contribution in [0.4, 0.5) is 0 Å². The van der Waals surface area contributed by atoms with Gasteiger partial charge in [0.05, 0.1) is 11.6 Å². The van der Waals surface area contributed by atoms with Crippen molar-refractivity contribution in [2.75, 3.05) is 13.7 Å². The van der Waals surface area contributed by atoms with Crippen molar-refractivity contribution in [1.29, 1.82) is 0 Å². The molecular weight excluding hydrogens is 314 g/mol. The zero-order valence-electron chi connectivity index (χ0n) is 10.00. The molecule has 0 aromatic heterocycles. The van der Waals surface area contributed by atoms with Crippen LogP contribution in [0.15, 0.2) is 35.3 Å². The van der Waals surface area contributed by atoms with Crippen LogP contribution in [-0.4, -0.2) is 25.0 Å². The maximum atomic E-state index is 5.15. The van der Waals surface area contributed by atoms with E-state index < -0.39 is 0 Å². The molecule has 1 rings (SSSR count). The summed E-state index contributed by atoms with van der Waals surface area (Å²) in [4.78, 5) is 0. The smallest absolute Gasteiger partial charge is 0.224 e. The number of benzene rings is 1. The molecule has 0 aliphatic carbocycles. The van der Waals surface area contributed by atoms with E-state index in [0.29, 0.717) is 11.7 Å². The maximum Gasteiger partial charge on any atom is 0.224 e. The molecule has 0 radical (unpaired) electrons. The molecule has 6 heteroatoms. The Kier molecular flexibility index (Phi) is 6.38. The van der Waals surface area contributed by atoms with E-state index in [1.807, 2.05) is 18.2 Å². The number of ether oxygens (including phenoxy) is 1. The van der Waals surface area contributed by atoms with E-state index in [9.17, 15) is 0 Å². The number of hydrogen-bond donors (Lipinski definition) is 3. The predicted octanol–water partition coefficient (Wildman–Crippen LogP) is 0.522. The van der Waals surface area contributed by atoms with E-state index in [1.165, 1.54) is 0 Å². The molecule has 4 nitrogen and oxygen atoms in total. The molecule has 18 heavy (non-hydrogen) atoms. The normalized spacial score (nSPS) is 10.1. The van der Waals surface area contributed by atoms with E-state index in [4.69, 9.17) is 17.0 Å². The van der Waals surface area contributed by atoms with Gasteiger partial charge in [-0.25, -0.2) is 0 Å². The third kappa shape index (κ3) is 4.85. The number of methoxy groups -OCH3 is 1. The van der Waals surface area contributed by atoms with E-state index in [-0.39, 0.29) is 0 Å². The molecule has 0 atom stereocenters. The monoisotopic (exact) mass is 328 g/mol. The Balaban J connectivity index is 2.54. The standard InChI is InChI=1S/C12H14BrN3OS/c1-3-6-14-12(18)16-15-8-9-4-5-11(17-2)10(13)7-9/h3-5,7-8H,1,6H2,2H3,(H2,14,16,18)/p+1. The second-order valence-electron chi connectivity index (χ2n) is 3.31. The Morgan fingerprint density at radius 2 is 2.39 bits per heavy atom. The predicted molar refractivity (Wildman–Crippen MR) is 80.8 cm³/mol. The van der Waals surface area contributed by atoms with Crippen molar-refractivity contribution in [1.82, 2.24) is 10.7 Å². The lowest BCUT2D eigenvalue weighted by atomic mass is 10.2. The van der Waals surface area contributed by atoms with E-state index in [1.54, 1.807) is 19.4 Å². The highest BCUT2D eigenvalue weighted by Gasteiger charge is 2.01. The van der Waals surface area contributed by atoms with E-state index >= 15 is 0 Å². The first-order valence-corrected chi connectivity index (χ1v) is 6.44. The fraction of sp³-hybridized carbons (Fsp3) is 0.167. The number of hydrazone groups is 1. The van der Waals surface area contributed by atoms with Crippen molar-refractivity contribution in [2.45, 2.75) is 0 Å². The molecule has 0 unspecified atom stereocenters. The van der Waals surface area contributed by atoms with Crippen LogP contribution in [0.3, 0.4) is 0 Å². The topological polar surface area (TPSA) is 47.3 Å². The number of halogens is 1. The Labute approximate surface area is 120 Å². The van der Waals surface area contributed by atoms with Gasteiger partial charge in [0.1, 0.15) is 5.75 Å². The lowest BCUT2D eigenvalue weighted by molar-refractivity contribution is -0.500. The van der Waals surface area contributed by atoms with Crippen LogP contribution in [0.25, 0.3) is 0 Å². The summed E-state index contributed by atoms with van der Waals surface area (Å²) >= 11 is 8.44. The molecule has 1 aromatic carbocycles. The average molecular weight is 329 g/mol. The summed E-state index contributed by atoms with van der Waals surface area (Å²) in [6.45, 7) is 4.22. The third-order valence-corrected chi connectivity index (χ3v) is 2.87. The first-order chi connectivity index (χ1) is 8.67. The molecule has 0 saturated heterocycles.